The Hall–Kier alpha value is -2.99. The van der Waals surface area contributed by atoms with Crippen molar-refractivity contribution in [3.8, 4) is 0 Å². The standard InChI is InChI=1S/C26H26O5/c27-26-25(30-18-22-14-8-3-9-15-22)24(29-17-21-12-6-2-7-13-21)23(31-26)19-28-16-20-10-4-1-5-11-20/h1-15,23-25H,16-19H2/t23-,24+,25-/m0/s1. The minimum atomic E-state index is -0.797. The Morgan fingerprint density at radius 1 is 0.645 bits per heavy atom. The summed E-state index contributed by atoms with van der Waals surface area (Å²) in [4.78, 5) is 12.6. The molecular weight excluding hydrogens is 392 g/mol. The van der Waals surface area contributed by atoms with Crippen LogP contribution >= 0.6 is 0 Å². The van der Waals surface area contributed by atoms with Crippen molar-refractivity contribution in [1.29, 1.82) is 0 Å². The van der Waals surface area contributed by atoms with Gasteiger partial charge in [0.1, 0.15) is 6.10 Å². The van der Waals surface area contributed by atoms with Crippen molar-refractivity contribution in [2.45, 2.75) is 38.1 Å². The van der Waals surface area contributed by atoms with E-state index in [2.05, 4.69) is 0 Å². The van der Waals surface area contributed by atoms with Crippen molar-refractivity contribution in [3.63, 3.8) is 0 Å². The Morgan fingerprint density at radius 2 is 1.13 bits per heavy atom. The summed E-state index contributed by atoms with van der Waals surface area (Å²) in [7, 11) is 0. The van der Waals surface area contributed by atoms with Gasteiger partial charge in [0.15, 0.2) is 12.2 Å². The molecule has 0 aliphatic carbocycles. The van der Waals surface area contributed by atoms with E-state index in [1.165, 1.54) is 0 Å². The number of carbonyl (C=O) groups is 1. The van der Waals surface area contributed by atoms with Crippen LogP contribution in [0, 0.1) is 0 Å². The molecule has 0 radical (unpaired) electrons. The highest BCUT2D eigenvalue weighted by atomic mass is 16.6. The number of cyclic esters (lactones) is 1. The number of ether oxygens (including phenoxy) is 4. The average molecular weight is 418 g/mol. The van der Waals surface area contributed by atoms with Crippen molar-refractivity contribution in [2.24, 2.45) is 0 Å². The summed E-state index contributed by atoms with van der Waals surface area (Å²) in [5, 5.41) is 0. The van der Waals surface area contributed by atoms with Gasteiger partial charge in [0, 0.05) is 0 Å². The highest BCUT2D eigenvalue weighted by molar-refractivity contribution is 5.78. The molecule has 3 aromatic carbocycles. The van der Waals surface area contributed by atoms with Gasteiger partial charge in [-0.3, -0.25) is 0 Å². The normalized spacial score (nSPS) is 20.5. The zero-order valence-corrected chi connectivity index (χ0v) is 17.3. The fraction of sp³-hybridized carbons (Fsp3) is 0.269. The highest BCUT2D eigenvalue weighted by Gasteiger charge is 2.46. The van der Waals surface area contributed by atoms with E-state index in [0.717, 1.165) is 16.7 Å². The third-order valence-electron chi connectivity index (χ3n) is 5.12. The molecule has 0 spiro atoms. The fourth-order valence-corrected chi connectivity index (χ4v) is 3.49. The predicted octanol–water partition coefficient (Wildman–Crippen LogP) is 4.30. The third kappa shape index (κ3) is 6.01. The van der Waals surface area contributed by atoms with Gasteiger partial charge in [0.25, 0.3) is 0 Å². The lowest BCUT2D eigenvalue weighted by Gasteiger charge is -2.22. The first-order valence-electron chi connectivity index (χ1n) is 10.4. The van der Waals surface area contributed by atoms with Crippen LogP contribution in [0.4, 0.5) is 0 Å². The van der Waals surface area contributed by atoms with E-state index in [-0.39, 0.29) is 6.61 Å². The van der Waals surface area contributed by atoms with E-state index >= 15 is 0 Å². The summed E-state index contributed by atoms with van der Waals surface area (Å²) in [5.41, 5.74) is 3.07. The monoisotopic (exact) mass is 418 g/mol. The van der Waals surface area contributed by atoms with Crippen molar-refractivity contribution < 1.29 is 23.7 Å². The molecule has 0 unspecified atom stereocenters. The van der Waals surface area contributed by atoms with E-state index in [4.69, 9.17) is 18.9 Å². The first-order chi connectivity index (χ1) is 15.3. The Labute approximate surface area is 182 Å². The largest absolute Gasteiger partial charge is 0.455 e. The van der Waals surface area contributed by atoms with Gasteiger partial charge in [-0.25, -0.2) is 4.79 Å². The van der Waals surface area contributed by atoms with Crippen molar-refractivity contribution in [2.75, 3.05) is 6.61 Å². The number of hydrogen-bond acceptors (Lipinski definition) is 5. The van der Waals surface area contributed by atoms with E-state index in [1.807, 2.05) is 91.0 Å². The highest BCUT2D eigenvalue weighted by Crippen LogP contribution is 2.25. The smallest absolute Gasteiger partial charge is 0.338 e. The van der Waals surface area contributed by atoms with Crippen molar-refractivity contribution >= 4 is 5.97 Å². The van der Waals surface area contributed by atoms with Crippen molar-refractivity contribution in [3.05, 3.63) is 108 Å². The summed E-state index contributed by atoms with van der Waals surface area (Å²) < 4.78 is 23.5. The zero-order chi connectivity index (χ0) is 21.3. The minimum Gasteiger partial charge on any atom is -0.455 e. The number of hydrogen-bond donors (Lipinski definition) is 0. The summed E-state index contributed by atoms with van der Waals surface area (Å²) in [6.45, 7) is 1.35. The third-order valence-corrected chi connectivity index (χ3v) is 5.12. The van der Waals surface area contributed by atoms with Crippen LogP contribution < -0.4 is 0 Å². The summed E-state index contributed by atoms with van der Waals surface area (Å²) in [6, 6.07) is 29.5. The van der Waals surface area contributed by atoms with Crippen LogP contribution in [-0.4, -0.2) is 30.9 Å². The lowest BCUT2D eigenvalue weighted by molar-refractivity contribution is -0.152. The Kier molecular flexibility index (Phi) is 7.45. The molecule has 0 aromatic heterocycles. The fourth-order valence-electron chi connectivity index (χ4n) is 3.49. The molecule has 1 aliphatic heterocycles. The van der Waals surface area contributed by atoms with Crippen LogP contribution in [0.15, 0.2) is 91.0 Å². The predicted molar refractivity (Wildman–Crippen MR) is 116 cm³/mol. The molecule has 0 amide bonds. The molecule has 4 rings (SSSR count). The van der Waals surface area contributed by atoms with E-state index in [0.29, 0.717) is 19.8 Å². The quantitative estimate of drug-likeness (QED) is 0.460. The van der Waals surface area contributed by atoms with Crippen LogP contribution in [0.25, 0.3) is 0 Å². The van der Waals surface area contributed by atoms with Gasteiger partial charge in [-0.15, -0.1) is 0 Å². The van der Waals surface area contributed by atoms with Crippen LogP contribution in [0.3, 0.4) is 0 Å². The molecule has 160 valence electrons. The van der Waals surface area contributed by atoms with E-state index in [1.54, 1.807) is 0 Å². The second kappa shape index (κ2) is 10.9. The van der Waals surface area contributed by atoms with Crippen molar-refractivity contribution in [1.82, 2.24) is 0 Å². The number of carbonyl (C=O) groups excluding carboxylic acids is 1. The van der Waals surface area contributed by atoms with E-state index < -0.39 is 24.3 Å². The summed E-state index contributed by atoms with van der Waals surface area (Å²) in [6.07, 6.45) is -1.87. The first kappa shape index (κ1) is 21.2. The maximum atomic E-state index is 12.6. The molecule has 0 N–H and O–H groups in total. The molecule has 1 saturated heterocycles. The van der Waals surface area contributed by atoms with Crippen LogP contribution in [0.5, 0.6) is 0 Å². The number of benzene rings is 3. The van der Waals surface area contributed by atoms with Gasteiger partial charge in [0.2, 0.25) is 0 Å². The summed E-state index contributed by atoms with van der Waals surface area (Å²) in [5.74, 6) is -0.415. The first-order valence-corrected chi connectivity index (χ1v) is 10.4. The molecule has 1 aliphatic rings. The number of rotatable bonds is 10. The minimum absolute atomic E-state index is 0.241. The van der Waals surface area contributed by atoms with Gasteiger partial charge < -0.3 is 18.9 Å². The lowest BCUT2D eigenvalue weighted by atomic mass is 10.1. The molecule has 1 heterocycles. The molecule has 0 bridgehead atoms. The number of esters is 1. The second-order valence-corrected chi connectivity index (χ2v) is 7.45. The van der Waals surface area contributed by atoms with E-state index in [9.17, 15) is 4.79 Å². The second-order valence-electron chi connectivity index (χ2n) is 7.45. The Balaban J connectivity index is 1.40. The Bertz CT molecular complexity index is 930. The van der Waals surface area contributed by atoms with Gasteiger partial charge in [-0.1, -0.05) is 91.0 Å². The topological polar surface area (TPSA) is 54.0 Å². The van der Waals surface area contributed by atoms with Crippen LogP contribution in [-0.2, 0) is 43.6 Å². The average Bonchev–Trinajstić information content (AvgIpc) is 3.12. The maximum Gasteiger partial charge on any atom is 0.338 e. The molecule has 31 heavy (non-hydrogen) atoms. The van der Waals surface area contributed by atoms with Crippen LogP contribution in [0.2, 0.25) is 0 Å². The molecule has 0 saturated carbocycles. The SMILES string of the molecule is O=C1O[C@@H](COCc2ccccc2)[C@@H](OCc2ccccc2)[C@@H]1OCc1ccccc1. The molecule has 3 atom stereocenters. The zero-order valence-electron chi connectivity index (χ0n) is 17.3. The van der Waals surface area contributed by atoms with Gasteiger partial charge >= 0.3 is 5.97 Å². The molecule has 1 fully saturated rings. The van der Waals surface area contributed by atoms with Gasteiger partial charge in [0.05, 0.1) is 26.4 Å². The molecule has 5 nitrogen and oxygen atoms in total. The van der Waals surface area contributed by atoms with Crippen LogP contribution in [0.1, 0.15) is 16.7 Å². The maximum absolute atomic E-state index is 12.6. The summed E-state index contributed by atoms with van der Waals surface area (Å²) >= 11 is 0. The molecule has 3 aromatic rings. The lowest BCUT2D eigenvalue weighted by Crippen LogP contribution is -2.38. The van der Waals surface area contributed by atoms with Gasteiger partial charge in [-0.05, 0) is 16.7 Å². The molecule has 5 heteroatoms. The van der Waals surface area contributed by atoms with Gasteiger partial charge in [-0.2, -0.15) is 0 Å². The molecular formula is C26H26O5. The Morgan fingerprint density at radius 3 is 1.68 bits per heavy atom.